The summed E-state index contributed by atoms with van der Waals surface area (Å²) in [7, 11) is 8.50. The van der Waals surface area contributed by atoms with Gasteiger partial charge in [0.25, 0.3) is 0 Å². The molecule has 0 saturated carbocycles. The van der Waals surface area contributed by atoms with Crippen LogP contribution >= 0.6 is 0 Å². The normalized spacial score (nSPS) is 10.1. The van der Waals surface area contributed by atoms with Gasteiger partial charge in [0.1, 0.15) is 11.3 Å². The lowest BCUT2D eigenvalue weighted by Crippen LogP contribution is -2.13. The monoisotopic (exact) mass is 420 g/mol. The van der Waals surface area contributed by atoms with Gasteiger partial charge in [0.15, 0.2) is 28.8 Å². The van der Waals surface area contributed by atoms with Gasteiger partial charge in [0.2, 0.25) is 11.5 Å². The first-order chi connectivity index (χ1) is 14.4. The third kappa shape index (κ3) is 4.19. The molecule has 0 unspecified atom stereocenters. The standard InChI is InChI=1S/C21H24O9/c1-11(22)17-13(10-16(26-4)19(28-6)20(17)29-7)30-21(23)12-8-14(24-2)18(27-5)15(9-12)25-3/h8-10H,1-7H3. The van der Waals surface area contributed by atoms with E-state index in [2.05, 4.69) is 0 Å². The number of hydrogen-bond donors (Lipinski definition) is 0. The molecule has 0 aliphatic carbocycles. The lowest BCUT2D eigenvalue weighted by molar-refractivity contribution is 0.0731. The van der Waals surface area contributed by atoms with Crippen molar-refractivity contribution in [3.05, 3.63) is 29.3 Å². The fourth-order valence-corrected chi connectivity index (χ4v) is 2.91. The van der Waals surface area contributed by atoms with Crippen molar-refractivity contribution in [1.29, 1.82) is 0 Å². The molecule has 0 atom stereocenters. The number of carbonyl (C=O) groups excluding carboxylic acids is 2. The Bertz CT molecular complexity index is 925. The maximum absolute atomic E-state index is 12.9. The molecular formula is C21H24O9. The number of ketones is 1. The third-order valence-electron chi connectivity index (χ3n) is 4.25. The molecule has 0 aliphatic rings. The zero-order valence-electron chi connectivity index (χ0n) is 17.9. The Morgan fingerprint density at radius 1 is 0.600 bits per heavy atom. The summed E-state index contributed by atoms with van der Waals surface area (Å²) in [5, 5.41) is 0. The number of carbonyl (C=O) groups is 2. The molecule has 2 rings (SSSR count). The quantitative estimate of drug-likeness (QED) is 0.344. The molecular weight excluding hydrogens is 396 g/mol. The molecule has 0 bridgehead atoms. The molecule has 9 nitrogen and oxygen atoms in total. The Labute approximate surface area is 174 Å². The van der Waals surface area contributed by atoms with Gasteiger partial charge in [0, 0.05) is 6.07 Å². The topological polar surface area (TPSA) is 98.8 Å². The van der Waals surface area contributed by atoms with Gasteiger partial charge >= 0.3 is 5.97 Å². The van der Waals surface area contributed by atoms with Crippen LogP contribution in [0.2, 0.25) is 0 Å². The summed E-state index contributed by atoms with van der Waals surface area (Å²) >= 11 is 0. The zero-order chi connectivity index (χ0) is 22.4. The Hall–Kier alpha value is -3.62. The predicted octanol–water partition coefficient (Wildman–Crippen LogP) is 3.16. The van der Waals surface area contributed by atoms with Crippen LogP contribution in [-0.4, -0.2) is 54.4 Å². The molecule has 0 spiro atoms. The van der Waals surface area contributed by atoms with Crippen LogP contribution in [0.3, 0.4) is 0 Å². The highest BCUT2D eigenvalue weighted by molar-refractivity contribution is 6.03. The minimum absolute atomic E-state index is 0.0379. The van der Waals surface area contributed by atoms with Gasteiger partial charge in [-0.1, -0.05) is 0 Å². The van der Waals surface area contributed by atoms with E-state index in [1.807, 2.05) is 0 Å². The van der Waals surface area contributed by atoms with Crippen molar-refractivity contribution in [2.45, 2.75) is 6.92 Å². The van der Waals surface area contributed by atoms with E-state index in [0.717, 1.165) is 0 Å². The van der Waals surface area contributed by atoms with Crippen LogP contribution < -0.4 is 33.2 Å². The highest BCUT2D eigenvalue weighted by Crippen LogP contribution is 2.46. The highest BCUT2D eigenvalue weighted by Gasteiger charge is 2.27. The Balaban J connectivity index is 2.60. The van der Waals surface area contributed by atoms with Crippen LogP contribution in [0.5, 0.6) is 40.2 Å². The summed E-state index contributed by atoms with van der Waals surface area (Å²) in [4.78, 5) is 25.2. The van der Waals surface area contributed by atoms with E-state index in [-0.39, 0.29) is 51.4 Å². The summed E-state index contributed by atoms with van der Waals surface area (Å²) in [6.07, 6.45) is 0. The summed E-state index contributed by atoms with van der Waals surface area (Å²) in [5.74, 6) is 0.221. The number of Topliss-reactive ketones (excluding diaryl/α,β-unsaturated/α-hetero) is 1. The van der Waals surface area contributed by atoms with Crippen LogP contribution in [-0.2, 0) is 0 Å². The number of hydrogen-bond acceptors (Lipinski definition) is 9. The van der Waals surface area contributed by atoms with E-state index in [4.69, 9.17) is 33.2 Å². The van der Waals surface area contributed by atoms with Gasteiger partial charge in [-0.15, -0.1) is 0 Å². The van der Waals surface area contributed by atoms with Crippen LogP contribution in [0.1, 0.15) is 27.6 Å². The molecule has 162 valence electrons. The summed E-state index contributed by atoms with van der Waals surface area (Å²) in [6, 6.07) is 4.26. The van der Waals surface area contributed by atoms with Crippen molar-refractivity contribution in [2.75, 3.05) is 42.7 Å². The first-order valence-electron chi connectivity index (χ1n) is 8.72. The SMILES string of the molecule is COc1cc(C(=O)Oc2cc(OC)c(OC)c(OC)c2C(C)=O)cc(OC)c1OC. The van der Waals surface area contributed by atoms with Crippen LogP contribution in [0.4, 0.5) is 0 Å². The van der Waals surface area contributed by atoms with E-state index in [1.54, 1.807) is 0 Å². The minimum Gasteiger partial charge on any atom is -0.493 e. The smallest absolute Gasteiger partial charge is 0.343 e. The molecule has 0 heterocycles. The first-order valence-corrected chi connectivity index (χ1v) is 8.72. The Morgan fingerprint density at radius 3 is 1.47 bits per heavy atom. The molecule has 9 heteroatoms. The molecule has 0 aromatic heterocycles. The molecule has 2 aromatic rings. The molecule has 0 radical (unpaired) electrons. The van der Waals surface area contributed by atoms with Crippen LogP contribution in [0.15, 0.2) is 18.2 Å². The molecule has 0 amide bonds. The van der Waals surface area contributed by atoms with Crippen molar-refractivity contribution in [3.63, 3.8) is 0 Å². The molecule has 2 aromatic carbocycles. The molecule has 0 N–H and O–H groups in total. The van der Waals surface area contributed by atoms with Gasteiger partial charge in [-0.05, 0) is 19.1 Å². The summed E-state index contributed by atoms with van der Waals surface area (Å²) in [5.41, 5.74) is 0.156. The van der Waals surface area contributed by atoms with Gasteiger partial charge < -0.3 is 33.2 Å². The summed E-state index contributed by atoms with van der Waals surface area (Å²) in [6.45, 7) is 1.32. The largest absolute Gasteiger partial charge is 0.493 e. The van der Waals surface area contributed by atoms with E-state index in [1.165, 1.54) is 67.8 Å². The van der Waals surface area contributed by atoms with Crippen LogP contribution in [0, 0.1) is 0 Å². The molecule has 0 fully saturated rings. The Kier molecular flexibility index (Phi) is 7.35. The number of esters is 1. The van der Waals surface area contributed by atoms with Gasteiger partial charge in [0.05, 0.1) is 48.2 Å². The second-order valence-corrected chi connectivity index (χ2v) is 5.88. The number of benzene rings is 2. The van der Waals surface area contributed by atoms with Crippen molar-refractivity contribution in [1.82, 2.24) is 0 Å². The molecule has 30 heavy (non-hydrogen) atoms. The highest BCUT2D eigenvalue weighted by atomic mass is 16.6. The van der Waals surface area contributed by atoms with Crippen molar-refractivity contribution in [2.24, 2.45) is 0 Å². The van der Waals surface area contributed by atoms with Gasteiger partial charge in [-0.3, -0.25) is 4.79 Å². The lowest BCUT2D eigenvalue weighted by Gasteiger charge is -2.18. The zero-order valence-corrected chi connectivity index (χ0v) is 17.9. The fraction of sp³-hybridized carbons (Fsp3) is 0.333. The van der Waals surface area contributed by atoms with Gasteiger partial charge in [-0.25, -0.2) is 4.79 Å². The maximum atomic E-state index is 12.9. The lowest BCUT2D eigenvalue weighted by atomic mass is 10.1. The maximum Gasteiger partial charge on any atom is 0.343 e. The van der Waals surface area contributed by atoms with E-state index in [9.17, 15) is 9.59 Å². The predicted molar refractivity (Wildman–Crippen MR) is 107 cm³/mol. The third-order valence-corrected chi connectivity index (χ3v) is 4.25. The average molecular weight is 420 g/mol. The first kappa shape index (κ1) is 22.7. The number of rotatable bonds is 9. The van der Waals surface area contributed by atoms with Crippen molar-refractivity contribution < 1.29 is 42.7 Å². The minimum atomic E-state index is -0.758. The van der Waals surface area contributed by atoms with E-state index in [0.29, 0.717) is 5.75 Å². The van der Waals surface area contributed by atoms with Crippen LogP contribution in [0.25, 0.3) is 0 Å². The Morgan fingerprint density at radius 2 is 1.07 bits per heavy atom. The second kappa shape index (κ2) is 9.73. The average Bonchev–Trinajstić information content (AvgIpc) is 2.76. The molecule has 0 aliphatic heterocycles. The van der Waals surface area contributed by atoms with Gasteiger partial charge in [-0.2, -0.15) is 0 Å². The second-order valence-electron chi connectivity index (χ2n) is 5.88. The van der Waals surface area contributed by atoms with Crippen molar-refractivity contribution in [3.8, 4) is 40.2 Å². The number of ether oxygens (including phenoxy) is 7. The summed E-state index contributed by atoms with van der Waals surface area (Å²) < 4.78 is 37.2. The van der Waals surface area contributed by atoms with E-state index >= 15 is 0 Å². The van der Waals surface area contributed by atoms with Crippen molar-refractivity contribution >= 4 is 11.8 Å². The molecule has 0 saturated heterocycles. The number of methoxy groups -OCH3 is 6. The van der Waals surface area contributed by atoms with E-state index < -0.39 is 5.97 Å². The fourth-order valence-electron chi connectivity index (χ4n) is 2.91.